The number of ether oxygens (including phenoxy) is 2. The third-order valence-electron chi connectivity index (χ3n) is 5.66. The van der Waals surface area contributed by atoms with E-state index < -0.39 is 0 Å². The van der Waals surface area contributed by atoms with Crippen LogP contribution in [0.25, 0.3) is 10.7 Å². The number of aromatic nitrogens is 2. The number of rotatable bonds is 11. The predicted molar refractivity (Wildman–Crippen MR) is 127 cm³/mol. The number of benzene rings is 1. The Balaban J connectivity index is 1.08. The number of hydrogen-bond donors (Lipinski definition) is 0. The Hall–Kier alpha value is -2.91. The Morgan fingerprint density at radius 1 is 1.09 bits per heavy atom. The molecule has 0 bridgehead atoms. The zero-order valence-corrected chi connectivity index (χ0v) is 19.8. The van der Waals surface area contributed by atoms with Crippen LogP contribution in [0.2, 0.25) is 0 Å². The molecule has 0 N–H and O–H groups in total. The van der Waals surface area contributed by atoms with Gasteiger partial charge in [0.2, 0.25) is 17.6 Å². The van der Waals surface area contributed by atoms with Gasteiger partial charge in [-0.3, -0.25) is 9.69 Å². The lowest BCUT2D eigenvalue weighted by molar-refractivity contribution is -0.133. The minimum Gasteiger partial charge on any atom is -0.497 e. The summed E-state index contributed by atoms with van der Waals surface area (Å²) in [4.78, 5) is 22.4. The summed E-state index contributed by atoms with van der Waals surface area (Å²) in [7, 11) is 1.64. The molecule has 33 heavy (non-hydrogen) atoms. The first kappa shape index (κ1) is 23.3. The van der Waals surface area contributed by atoms with Crippen LogP contribution < -0.4 is 9.47 Å². The van der Waals surface area contributed by atoms with Gasteiger partial charge < -0.3 is 18.9 Å². The average molecular weight is 471 g/mol. The van der Waals surface area contributed by atoms with E-state index in [1.807, 2.05) is 46.7 Å². The van der Waals surface area contributed by atoms with Crippen molar-refractivity contribution < 1.29 is 18.8 Å². The van der Waals surface area contributed by atoms with E-state index in [4.69, 9.17) is 14.0 Å². The number of methoxy groups -OCH3 is 1. The Kier molecular flexibility index (Phi) is 8.32. The van der Waals surface area contributed by atoms with Crippen LogP contribution in [0.1, 0.15) is 25.2 Å². The molecule has 1 amide bonds. The van der Waals surface area contributed by atoms with Crippen molar-refractivity contribution in [2.45, 2.75) is 25.7 Å². The van der Waals surface area contributed by atoms with Crippen LogP contribution in [0.4, 0.5) is 0 Å². The van der Waals surface area contributed by atoms with Gasteiger partial charge in [0.1, 0.15) is 11.5 Å². The average Bonchev–Trinajstić information content (AvgIpc) is 3.55. The van der Waals surface area contributed by atoms with E-state index in [-0.39, 0.29) is 5.91 Å². The summed E-state index contributed by atoms with van der Waals surface area (Å²) >= 11 is 1.61. The molecular weight excluding hydrogens is 440 g/mol. The number of nitrogens with zero attached hydrogens (tertiary/aromatic N) is 4. The van der Waals surface area contributed by atoms with E-state index in [9.17, 15) is 4.79 Å². The van der Waals surface area contributed by atoms with E-state index in [1.165, 1.54) is 0 Å². The molecule has 2 aromatic heterocycles. The molecule has 4 rings (SSSR count). The molecule has 1 fully saturated rings. The highest BCUT2D eigenvalue weighted by atomic mass is 32.1. The maximum atomic E-state index is 12.5. The summed E-state index contributed by atoms with van der Waals surface area (Å²) in [6.07, 6.45) is 2.96. The summed E-state index contributed by atoms with van der Waals surface area (Å²) in [5.74, 6) is 3.15. The maximum absolute atomic E-state index is 12.5. The van der Waals surface area contributed by atoms with Crippen molar-refractivity contribution in [2.24, 2.45) is 0 Å². The van der Waals surface area contributed by atoms with Crippen molar-refractivity contribution in [3.8, 4) is 22.2 Å². The smallest absolute Gasteiger partial charge is 0.227 e. The van der Waals surface area contributed by atoms with Crippen LogP contribution >= 0.6 is 11.3 Å². The second kappa shape index (κ2) is 11.8. The van der Waals surface area contributed by atoms with Crippen LogP contribution in [0.5, 0.6) is 11.5 Å². The molecule has 0 radical (unpaired) electrons. The Labute approximate surface area is 198 Å². The molecule has 9 heteroatoms. The van der Waals surface area contributed by atoms with Gasteiger partial charge in [-0.1, -0.05) is 11.2 Å². The van der Waals surface area contributed by atoms with Crippen LogP contribution in [0.15, 0.2) is 46.3 Å². The molecule has 8 nitrogen and oxygen atoms in total. The minimum atomic E-state index is 0.208. The van der Waals surface area contributed by atoms with Gasteiger partial charge in [-0.25, -0.2) is 0 Å². The molecule has 1 saturated heterocycles. The number of carbonyl (C=O) groups excluding carboxylic acids is 1. The molecule has 0 atom stereocenters. The fourth-order valence-corrected chi connectivity index (χ4v) is 4.43. The van der Waals surface area contributed by atoms with E-state index in [1.54, 1.807) is 18.4 Å². The first-order valence-electron chi connectivity index (χ1n) is 11.3. The number of hydrogen-bond acceptors (Lipinski definition) is 8. The van der Waals surface area contributed by atoms with Crippen molar-refractivity contribution in [1.82, 2.24) is 19.9 Å². The zero-order chi connectivity index (χ0) is 22.9. The molecular formula is C24H30N4O4S. The van der Waals surface area contributed by atoms with Crippen LogP contribution in [0, 0.1) is 0 Å². The number of carbonyl (C=O) groups is 1. The van der Waals surface area contributed by atoms with Gasteiger partial charge in [0, 0.05) is 39.0 Å². The van der Waals surface area contributed by atoms with Gasteiger partial charge in [0.25, 0.3) is 0 Å². The highest BCUT2D eigenvalue weighted by Crippen LogP contribution is 2.21. The first-order valence-corrected chi connectivity index (χ1v) is 12.2. The number of amides is 1. The predicted octanol–water partition coefficient (Wildman–Crippen LogP) is 3.74. The summed E-state index contributed by atoms with van der Waals surface area (Å²) in [5, 5.41) is 6.07. The number of aryl methyl sites for hydroxylation is 1. The van der Waals surface area contributed by atoms with E-state index in [0.717, 1.165) is 61.9 Å². The Morgan fingerprint density at radius 3 is 2.61 bits per heavy atom. The second-order valence-corrected chi connectivity index (χ2v) is 8.89. The van der Waals surface area contributed by atoms with Gasteiger partial charge in [-0.15, -0.1) is 11.3 Å². The standard InChI is InChI=1S/C24H30N4O4S/c1-30-19-8-10-20(11-9-19)31-17-3-7-23(29)28-15-13-27(14-16-28)12-2-6-22-25-24(26-32-22)21-5-4-18-33-21/h4-5,8-11,18H,2-3,6-7,12-17H2,1H3. The molecule has 3 aromatic rings. The Morgan fingerprint density at radius 2 is 1.88 bits per heavy atom. The SMILES string of the molecule is COc1ccc(OCCCC(=O)N2CCN(CCCc3nc(-c4cccs4)no3)CC2)cc1. The zero-order valence-electron chi connectivity index (χ0n) is 18.9. The highest BCUT2D eigenvalue weighted by Gasteiger charge is 2.20. The quantitative estimate of drug-likeness (QED) is 0.395. The summed E-state index contributed by atoms with van der Waals surface area (Å²) in [6.45, 7) is 4.86. The lowest BCUT2D eigenvalue weighted by Crippen LogP contribution is -2.48. The number of thiophene rings is 1. The Bertz CT molecular complexity index is 982. The van der Waals surface area contributed by atoms with Crippen molar-refractivity contribution in [3.63, 3.8) is 0 Å². The van der Waals surface area contributed by atoms with Crippen molar-refractivity contribution in [1.29, 1.82) is 0 Å². The number of piperazine rings is 1. The van der Waals surface area contributed by atoms with Crippen molar-refractivity contribution in [2.75, 3.05) is 46.4 Å². The minimum absolute atomic E-state index is 0.208. The first-order chi connectivity index (χ1) is 16.2. The van der Waals surface area contributed by atoms with Crippen LogP contribution in [-0.4, -0.2) is 72.3 Å². The molecule has 1 aliphatic rings. The third-order valence-corrected chi connectivity index (χ3v) is 6.53. The fourth-order valence-electron chi connectivity index (χ4n) is 3.78. The van der Waals surface area contributed by atoms with Gasteiger partial charge in [-0.05, 0) is 55.1 Å². The molecule has 176 valence electrons. The topological polar surface area (TPSA) is 80.9 Å². The van der Waals surface area contributed by atoms with Crippen LogP contribution in [0.3, 0.4) is 0 Å². The highest BCUT2D eigenvalue weighted by molar-refractivity contribution is 7.13. The molecule has 0 spiro atoms. The van der Waals surface area contributed by atoms with Crippen molar-refractivity contribution >= 4 is 17.2 Å². The molecule has 0 aliphatic carbocycles. The summed E-state index contributed by atoms with van der Waals surface area (Å²) in [5.41, 5.74) is 0. The molecule has 0 saturated carbocycles. The summed E-state index contributed by atoms with van der Waals surface area (Å²) in [6, 6.07) is 11.5. The monoisotopic (exact) mass is 470 g/mol. The summed E-state index contributed by atoms with van der Waals surface area (Å²) < 4.78 is 16.2. The lowest BCUT2D eigenvalue weighted by Gasteiger charge is -2.34. The van der Waals surface area contributed by atoms with Gasteiger partial charge in [-0.2, -0.15) is 4.98 Å². The second-order valence-electron chi connectivity index (χ2n) is 7.94. The maximum Gasteiger partial charge on any atom is 0.227 e. The third kappa shape index (κ3) is 6.79. The van der Waals surface area contributed by atoms with Crippen LogP contribution in [-0.2, 0) is 11.2 Å². The van der Waals surface area contributed by atoms with E-state index >= 15 is 0 Å². The molecule has 1 aromatic carbocycles. The van der Waals surface area contributed by atoms with Crippen molar-refractivity contribution in [3.05, 3.63) is 47.7 Å². The van der Waals surface area contributed by atoms with Gasteiger partial charge in [0.05, 0.1) is 18.6 Å². The van der Waals surface area contributed by atoms with Gasteiger partial charge in [0.15, 0.2) is 0 Å². The molecule has 1 aliphatic heterocycles. The van der Waals surface area contributed by atoms with E-state index in [0.29, 0.717) is 31.2 Å². The largest absolute Gasteiger partial charge is 0.497 e. The fraction of sp³-hybridized carbons (Fsp3) is 0.458. The normalized spacial score (nSPS) is 14.4. The van der Waals surface area contributed by atoms with E-state index in [2.05, 4.69) is 15.0 Å². The van der Waals surface area contributed by atoms with Gasteiger partial charge >= 0.3 is 0 Å². The molecule has 3 heterocycles. The lowest BCUT2D eigenvalue weighted by atomic mass is 10.2. The molecule has 0 unspecified atom stereocenters.